The first-order chi connectivity index (χ1) is 7.13. The maximum atomic E-state index is 3.50. The third-order valence-electron chi connectivity index (χ3n) is 2.51. The van der Waals surface area contributed by atoms with Crippen molar-refractivity contribution in [3.8, 4) is 0 Å². The second kappa shape index (κ2) is 6.63. The molecule has 86 valence electrons. The topological polar surface area (TPSA) is 15.3 Å². The Balaban J connectivity index is 2.26. The smallest absolute Gasteiger partial charge is 0.0701 e. The Hall–Kier alpha value is 0.1000. The van der Waals surface area contributed by atoms with Crippen LogP contribution in [0.4, 0.5) is 0 Å². The van der Waals surface area contributed by atoms with Crippen molar-refractivity contribution >= 4 is 27.3 Å². The normalized spacial score (nSPS) is 13.4. The van der Waals surface area contributed by atoms with E-state index in [1.165, 1.54) is 15.1 Å². The molecule has 1 unspecified atom stereocenters. The molecule has 2 nitrogen and oxygen atoms in total. The van der Waals surface area contributed by atoms with Gasteiger partial charge in [0, 0.05) is 24.0 Å². The van der Waals surface area contributed by atoms with Crippen LogP contribution in [-0.4, -0.2) is 31.6 Å². The summed E-state index contributed by atoms with van der Waals surface area (Å²) in [6, 6.07) is 4.90. The molecule has 1 N–H and O–H groups in total. The molecular weight excluding hydrogens is 272 g/mol. The van der Waals surface area contributed by atoms with Crippen molar-refractivity contribution in [1.82, 2.24) is 10.2 Å². The highest BCUT2D eigenvalue weighted by Gasteiger charge is 2.07. The Labute approximate surface area is 105 Å². The molecule has 0 bridgehead atoms. The van der Waals surface area contributed by atoms with Crippen LogP contribution in [0.3, 0.4) is 0 Å². The van der Waals surface area contributed by atoms with Crippen LogP contribution in [0, 0.1) is 0 Å². The monoisotopic (exact) mass is 290 g/mol. The lowest BCUT2D eigenvalue weighted by molar-refractivity contribution is 0.276. The summed E-state index contributed by atoms with van der Waals surface area (Å²) < 4.78 is 1.21. The predicted octanol–water partition coefficient (Wildman–Crippen LogP) is 2.94. The van der Waals surface area contributed by atoms with Crippen LogP contribution in [0.1, 0.15) is 18.2 Å². The lowest BCUT2D eigenvalue weighted by Crippen LogP contribution is -2.36. The van der Waals surface area contributed by atoms with Crippen LogP contribution in [0.5, 0.6) is 0 Å². The summed E-state index contributed by atoms with van der Waals surface area (Å²) in [7, 11) is 4.27. The van der Waals surface area contributed by atoms with Gasteiger partial charge in [0.25, 0.3) is 0 Å². The zero-order valence-electron chi connectivity index (χ0n) is 9.59. The molecule has 1 atom stereocenters. The summed E-state index contributed by atoms with van der Waals surface area (Å²) in [5, 5.41) is 3.50. The standard InChI is InChI=1S/C11H19BrN2S/c1-4-9(14(2)3)7-13-8-10-5-6-11(12)15-10/h5-6,9,13H,4,7-8H2,1-3H3. The van der Waals surface area contributed by atoms with E-state index in [4.69, 9.17) is 0 Å². The lowest BCUT2D eigenvalue weighted by Gasteiger charge is -2.22. The zero-order valence-corrected chi connectivity index (χ0v) is 12.0. The second-order valence-electron chi connectivity index (χ2n) is 3.86. The van der Waals surface area contributed by atoms with E-state index in [9.17, 15) is 0 Å². The van der Waals surface area contributed by atoms with Gasteiger partial charge in [-0.15, -0.1) is 11.3 Å². The SMILES string of the molecule is CCC(CNCc1ccc(Br)s1)N(C)C. The van der Waals surface area contributed by atoms with Crippen molar-refractivity contribution in [3.05, 3.63) is 20.8 Å². The van der Waals surface area contributed by atoms with Gasteiger partial charge in [0.1, 0.15) is 0 Å². The van der Waals surface area contributed by atoms with Crippen molar-refractivity contribution in [2.24, 2.45) is 0 Å². The van der Waals surface area contributed by atoms with Gasteiger partial charge in [-0.05, 0) is 48.6 Å². The Morgan fingerprint density at radius 1 is 1.47 bits per heavy atom. The molecule has 0 fully saturated rings. The highest BCUT2D eigenvalue weighted by molar-refractivity contribution is 9.11. The van der Waals surface area contributed by atoms with E-state index in [1.54, 1.807) is 11.3 Å². The van der Waals surface area contributed by atoms with Crippen molar-refractivity contribution in [1.29, 1.82) is 0 Å². The third kappa shape index (κ3) is 4.64. The quantitative estimate of drug-likeness (QED) is 0.867. The number of hydrogen-bond donors (Lipinski definition) is 1. The highest BCUT2D eigenvalue weighted by Crippen LogP contribution is 2.21. The fraction of sp³-hybridized carbons (Fsp3) is 0.636. The van der Waals surface area contributed by atoms with Gasteiger partial charge in [-0.3, -0.25) is 0 Å². The van der Waals surface area contributed by atoms with Gasteiger partial charge < -0.3 is 10.2 Å². The van der Waals surface area contributed by atoms with Gasteiger partial charge in [-0.1, -0.05) is 6.92 Å². The van der Waals surface area contributed by atoms with Gasteiger partial charge in [0.05, 0.1) is 3.79 Å². The van der Waals surface area contributed by atoms with Crippen molar-refractivity contribution in [2.45, 2.75) is 25.9 Å². The summed E-state index contributed by atoms with van der Waals surface area (Å²) in [4.78, 5) is 3.66. The van der Waals surface area contributed by atoms with Gasteiger partial charge in [0.15, 0.2) is 0 Å². The average Bonchev–Trinajstić information content (AvgIpc) is 2.58. The maximum Gasteiger partial charge on any atom is 0.0701 e. The van der Waals surface area contributed by atoms with Crippen LogP contribution in [0.2, 0.25) is 0 Å². The number of nitrogens with zero attached hydrogens (tertiary/aromatic N) is 1. The molecule has 0 aliphatic rings. The van der Waals surface area contributed by atoms with Crippen LogP contribution in [0.25, 0.3) is 0 Å². The molecule has 0 saturated carbocycles. The van der Waals surface area contributed by atoms with Gasteiger partial charge in [-0.25, -0.2) is 0 Å². The molecule has 1 rings (SSSR count). The van der Waals surface area contributed by atoms with Crippen molar-refractivity contribution in [2.75, 3.05) is 20.6 Å². The van der Waals surface area contributed by atoms with Crippen molar-refractivity contribution < 1.29 is 0 Å². The first-order valence-corrected chi connectivity index (χ1v) is 6.85. The molecule has 0 spiro atoms. The Kier molecular flexibility index (Phi) is 5.82. The Bertz CT molecular complexity index is 286. The third-order valence-corrected chi connectivity index (χ3v) is 4.13. The van der Waals surface area contributed by atoms with Gasteiger partial charge in [0.2, 0.25) is 0 Å². The van der Waals surface area contributed by atoms with Crippen LogP contribution in [-0.2, 0) is 6.54 Å². The molecule has 0 amide bonds. The summed E-state index contributed by atoms with van der Waals surface area (Å²) in [6.07, 6.45) is 1.19. The fourth-order valence-corrected chi connectivity index (χ4v) is 2.95. The van der Waals surface area contributed by atoms with E-state index in [2.05, 4.69) is 59.3 Å². The van der Waals surface area contributed by atoms with Crippen LogP contribution < -0.4 is 5.32 Å². The average molecular weight is 291 g/mol. The number of hydrogen-bond acceptors (Lipinski definition) is 3. The van der Waals surface area contributed by atoms with E-state index in [0.29, 0.717) is 6.04 Å². The molecule has 0 radical (unpaired) electrons. The molecule has 1 aromatic rings. The predicted molar refractivity (Wildman–Crippen MR) is 71.5 cm³/mol. The summed E-state index contributed by atoms with van der Waals surface area (Å²) in [6.45, 7) is 4.26. The maximum absolute atomic E-state index is 3.50. The number of nitrogens with one attached hydrogen (secondary N) is 1. The fourth-order valence-electron chi connectivity index (χ4n) is 1.50. The Morgan fingerprint density at radius 3 is 2.67 bits per heavy atom. The summed E-state index contributed by atoms with van der Waals surface area (Å²) in [5.74, 6) is 0. The number of thiophene rings is 1. The first-order valence-electron chi connectivity index (χ1n) is 5.24. The second-order valence-corrected chi connectivity index (χ2v) is 6.41. The molecule has 0 aliphatic carbocycles. The summed E-state index contributed by atoms with van der Waals surface area (Å²) in [5.41, 5.74) is 0. The number of halogens is 1. The van der Waals surface area contributed by atoms with Crippen LogP contribution in [0.15, 0.2) is 15.9 Å². The first kappa shape index (κ1) is 13.2. The van der Waals surface area contributed by atoms with Crippen molar-refractivity contribution in [3.63, 3.8) is 0 Å². The highest BCUT2D eigenvalue weighted by atomic mass is 79.9. The molecule has 0 saturated heterocycles. The molecule has 1 heterocycles. The van der Waals surface area contributed by atoms with E-state index < -0.39 is 0 Å². The minimum atomic E-state index is 0.633. The van der Waals surface area contributed by atoms with Gasteiger partial charge in [-0.2, -0.15) is 0 Å². The van der Waals surface area contributed by atoms with E-state index in [0.717, 1.165) is 13.1 Å². The minimum Gasteiger partial charge on any atom is -0.310 e. The number of rotatable bonds is 6. The molecular formula is C11H19BrN2S. The minimum absolute atomic E-state index is 0.633. The summed E-state index contributed by atoms with van der Waals surface area (Å²) >= 11 is 5.27. The Morgan fingerprint density at radius 2 is 2.20 bits per heavy atom. The molecule has 1 aromatic heterocycles. The number of likely N-dealkylation sites (N-methyl/N-ethyl adjacent to an activating group) is 1. The van der Waals surface area contributed by atoms with E-state index in [-0.39, 0.29) is 0 Å². The molecule has 15 heavy (non-hydrogen) atoms. The molecule has 0 aliphatic heterocycles. The zero-order chi connectivity index (χ0) is 11.3. The largest absolute Gasteiger partial charge is 0.310 e. The lowest BCUT2D eigenvalue weighted by atomic mass is 10.2. The van der Waals surface area contributed by atoms with Gasteiger partial charge >= 0.3 is 0 Å². The van der Waals surface area contributed by atoms with E-state index >= 15 is 0 Å². The molecule has 4 heteroatoms. The van der Waals surface area contributed by atoms with Crippen LogP contribution >= 0.6 is 27.3 Å². The van der Waals surface area contributed by atoms with E-state index in [1.807, 2.05) is 0 Å². The molecule has 0 aromatic carbocycles.